The second-order valence-corrected chi connectivity index (χ2v) is 4.60. The van der Waals surface area contributed by atoms with Gasteiger partial charge in [-0.25, -0.2) is 4.84 Å². The van der Waals surface area contributed by atoms with Crippen LogP contribution in [0.4, 0.5) is 18.9 Å². The molecule has 1 N–H and O–H groups in total. The van der Waals surface area contributed by atoms with Gasteiger partial charge in [-0.1, -0.05) is 0 Å². The number of alkyl halides is 3. The summed E-state index contributed by atoms with van der Waals surface area (Å²) in [5, 5.41) is 8.73. The van der Waals surface area contributed by atoms with Gasteiger partial charge in [-0.05, 0) is 36.4 Å². The van der Waals surface area contributed by atoms with Crippen LogP contribution < -0.4 is 9.74 Å². The van der Waals surface area contributed by atoms with Crippen LogP contribution >= 0.6 is 11.8 Å². The van der Waals surface area contributed by atoms with Crippen LogP contribution in [-0.4, -0.2) is 19.1 Å². The lowest BCUT2D eigenvalue weighted by atomic mass is 10.1. The predicted octanol–water partition coefficient (Wildman–Crippen LogP) is 2.90. The van der Waals surface area contributed by atoms with Crippen molar-refractivity contribution in [3.63, 3.8) is 0 Å². The second kappa shape index (κ2) is 5.27. The molecule has 0 saturated carbocycles. The van der Waals surface area contributed by atoms with Gasteiger partial charge >= 0.3 is 6.18 Å². The summed E-state index contributed by atoms with van der Waals surface area (Å²) < 4.78 is 38.5. The summed E-state index contributed by atoms with van der Waals surface area (Å²) in [5.74, 6) is 0. The van der Waals surface area contributed by atoms with E-state index in [-0.39, 0.29) is 11.6 Å². The fourth-order valence-corrected chi connectivity index (χ4v) is 2.32. The monoisotopic (exact) mass is 289 g/mol. The molecule has 0 aromatic heterocycles. The van der Waals surface area contributed by atoms with Crippen molar-refractivity contribution in [3.8, 4) is 6.07 Å². The number of nitrogens with zero attached hydrogens (tertiary/aromatic N) is 2. The molecule has 1 aliphatic rings. The molecule has 7 heteroatoms. The summed E-state index contributed by atoms with van der Waals surface area (Å²) in [7, 11) is 0. The third-order valence-corrected chi connectivity index (χ3v) is 3.45. The Kier molecular flexibility index (Phi) is 3.88. The largest absolute Gasteiger partial charge is 0.417 e. The van der Waals surface area contributed by atoms with E-state index >= 15 is 0 Å². The molecule has 1 heterocycles. The number of halogens is 4. The van der Waals surface area contributed by atoms with Gasteiger partial charge in [-0.15, -0.1) is 0 Å². The molecular formula is C12H11ClF3N3. The Morgan fingerprint density at radius 3 is 2.68 bits per heavy atom. The molecule has 0 amide bonds. The number of hydrogen-bond donors (Lipinski definition) is 1. The summed E-state index contributed by atoms with van der Waals surface area (Å²) in [5.41, 5.74) is -0.794. The van der Waals surface area contributed by atoms with Gasteiger partial charge in [0.1, 0.15) is 0 Å². The zero-order valence-electron chi connectivity index (χ0n) is 9.84. The second-order valence-electron chi connectivity index (χ2n) is 4.38. The van der Waals surface area contributed by atoms with Gasteiger partial charge in [-0.3, -0.25) is 0 Å². The van der Waals surface area contributed by atoms with Gasteiger partial charge in [0.2, 0.25) is 0 Å². The lowest BCUT2D eigenvalue weighted by molar-refractivity contribution is -0.137. The molecule has 0 radical (unpaired) electrons. The van der Waals surface area contributed by atoms with Crippen LogP contribution in [0, 0.1) is 11.3 Å². The summed E-state index contributed by atoms with van der Waals surface area (Å²) in [6.07, 6.45) is -3.75. The molecule has 0 bridgehead atoms. The SMILES string of the molecule is N#Cc1ccc(N2CCC(NCl)C2)cc1C(F)(F)F. The van der Waals surface area contributed by atoms with Crippen LogP contribution in [-0.2, 0) is 6.18 Å². The van der Waals surface area contributed by atoms with Crippen LogP contribution in [0.3, 0.4) is 0 Å². The number of benzene rings is 1. The maximum atomic E-state index is 12.8. The lowest BCUT2D eigenvalue weighted by Gasteiger charge is -2.20. The van der Waals surface area contributed by atoms with E-state index in [1.165, 1.54) is 12.1 Å². The molecule has 1 saturated heterocycles. The maximum absolute atomic E-state index is 12.8. The fraction of sp³-hybridized carbons (Fsp3) is 0.417. The van der Waals surface area contributed by atoms with E-state index in [0.29, 0.717) is 18.8 Å². The van der Waals surface area contributed by atoms with Gasteiger partial charge < -0.3 is 4.90 Å². The van der Waals surface area contributed by atoms with Gasteiger partial charge in [0, 0.05) is 24.8 Å². The molecule has 1 fully saturated rings. The lowest BCUT2D eigenvalue weighted by Crippen LogP contribution is -2.27. The normalized spacial score (nSPS) is 19.5. The van der Waals surface area contributed by atoms with Gasteiger partial charge in [0.05, 0.1) is 17.2 Å². The minimum absolute atomic E-state index is 0.0617. The molecule has 0 aliphatic carbocycles. The van der Waals surface area contributed by atoms with E-state index < -0.39 is 11.7 Å². The Labute approximate surface area is 113 Å². The van der Waals surface area contributed by atoms with Crippen molar-refractivity contribution in [1.82, 2.24) is 4.84 Å². The van der Waals surface area contributed by atoms with Crippen molar-refractivity contribution in [3.05, 3.63) is 29.3 Å². The molecule has 0 spiro atoms. The van der Waals surface area contributed by atoms with Gasteiger partial charge in [0.25, 0.3) is 0 Å². The number of hydrogen-bond acceptors (Lipinski definition) is 3. The van der Waals surface area contributed by atoms with Crippen LogP contribution in [0.2, 0.25) is 0 Å². The summed E-state index contributed by atoms with van der Waals surface area (Å²) >= 11 is 5.51. The molecule has 1 atom stereocenters. The van der Waals surface area contributed by atoms with Crippen LogP contribution in [0.1, 0.15) is 17.5 Å². The Morgan fingerprint density at radius 2 is 2.16 bits per heavy atom. The van der Waals surface area contributed by atoms with E-state index in [2.05, 4.69) is 4.84 Å². The highest BCUT2D eigenvalue weighted by Crippen LogP contribution is 2.35. The first-order valence-electron chi connectivity index (χ1n) is 5.68. The van der Waals surface area contributed by atoms with Gasteiger partial charge in [-0.2, -0.15) is 18.4 Å². The molecule has 19 heavy (non-hydrogen) atoms. The minimum Gasteiger partial charge on any atom is -0.370 e. The van der Waals surface area contributed by atoms with Gasteiger partial charge in [0.15, 0.2) is 0 Å². The van der Waals surface area contributed by atoms with Crippen molar-refractivity contribution in [2.24, 2.45) is 0 Å². The Morgan fingerprint density at radius 1 is 1.42 bits per heavy atom. The molecule has 3 nitrogen and oxygen atoms in total. The molecule has 2 rings (SSSR count). The topological polar surface area (TPSA) is 39.1 Å². The standard InChI is InChI=1S/C12H11ClF3N3/c13-18-9-3-4-19(7-9)10-2-1-8(6-17)11(5-10)12(14,15)16/h1-2,5,9,18H,3-4,7H2. The zero-order chi connectivity index (χ0) is 14.0. The number of rotatable bonds is 2. The minimum atomic E-state index is -4.52. The quantitative estimate of drug-likeness (QED) is 0.851. The van der Waals surface area contributed by atoms with E-state index in [4.69, 9.17) is 17.0 Å². The first-order chi connectivity index (χ1) is 8.95. The summed E-state index contributed by atoms with van der Waals surface area (Å²) in [6, 6.07) is 5.39. The van der Waals surface area contributed by atoms with E-state index in [9.17, 15) is 13.2 Å². The average molecular weight is 290 g/mol. The third kappa shape index (κ3) is 2.94. The number of nitriles is 1. The first kappa shape index (κ1) is 14.0. The van der Waals surface area contributed by atoms with Crippen molar-refractivity contribution in [2.75, 3.05) is 18.0 Å². The van der Waals surface area contributed by atoms with Crippen molar-refractivity contribution in [1.29, 1.82) is 5.26 Å². The average Bonchev–Trinajstić information content (AvgIpc) is 2.85. The number of nitrogens with one attached hydrogen (secondary N) is 1. The highest BCUT2D eigenvalue weighted by atomic mass is 35.5. The highest BCUT2D eigenvalue weighted by Gasteiger charge is 2.34. The van der Waals surface area contributed by atoms with Crippen molar-refractivity contribution < 1.29 is 13.2 Å². The number of anilines is 1. The Bertz CT molecular complexity index is 510. The fourth-order valence-electron chi connectivity index (χ4n) is 2.14. The molecule has 1 aromatic rings. The molecule has 102 valence electrons. The third-order valence-electron chi connectivity index (χ3n) is 3.14. The summed E-state index contributed by atoms with van der Waals surface area (Å²) in [4.78, 5) is 4.40. The molecule has 1 aliphatic heterocycles. The highest BCUT2D eigenvalue weighted by molar-refractivity contribution is 6.13. The predicted molar refractivity (Wildman–Crippen MR) is 65.8 cm³/mol. The van der Waals surface area contributed by atoms with E-state index in [1.54, 1.807) is 6.07 Å². The van der Waals surface area contributed by atoms with Crippen molar-refractivity contribution >= 4 is 17.5 Å². The molecule has 1 aromatic carbocycles. The zero-order valence-corrected chi connectivity index (χ0v) is 10.6. The maximum Gasteiger partial charge on any atom is 0.417 e. The smallest absolute Gasteiger partial charge is 0.370 e. The molecule has 1 unspecified atom stereocenters. The van der Waals surface area contributed by atoms with Crippen molar-refractivity contribution in [2.45, 2.75) is 18.6 Å². The van der Waals surface area contributed by atoms with Crippen LogP contribution in [0.25, 0.3) is 0 Å². The van der Waals surface area contributed by atoms with E-state index in [0.717, 1.165) is 12.5 Å². The van der Waals surface area contributed by atoms with E-state index in [1.807, 2.05) is 4.90 Å². The molecular weight excluding hydrogens is 279 g/mol. The Balaban J connectivity index is 2.32. The first-order valence-corrected chi connectivity index (χ1v) is 6.06. The van der Waals surface area contributed by atoms with Crippen LogP contribution in [0.15, 0.2) is 18.2 Å². The Hall–Kier alpha value is -1.45. The van der Waals surface area contributed by atoms with Crippen LogP contribution in [0.5, 0.6) is 0 Å². The summed E-state index contributed by atoms with van der Waals surface area (Å²) in [6.45, 7) is 1.18.